The highest BCUT2D eigenvalue weighted by Crippen LogP contribution is 2.12. The molecule has 0 radical (unpaired) electrons. The summed E-state index contributed by atoms with van der Waals surface area (Å²) in [5.41, 5.74) is 1.54. The molecule has 2 rings (SSSR count). The molecule has 0 spiro atoms. The molecule has 2 heterocycles. The lowest BCUT2D eigenvalue weighted by Crippen LogP contribution is -2.04. The fourth-order valence-electron chi connectivity index (χ4n) is 1.57. The Kier molecular flexibility index (Phi) is 4.19. The summed E-state index contributed by atoms with van der Waals surface area (Å²) in [6, 6.07) is 8.63. The van der Waals surface area contributed by atoms with Gasteiger partial charge in [0.15, 0.2) is 14.9 Å². The largest absolute Gasteiger partial charge is 0.481 e. The van der Waals surface area contributed by atoms with E-state index in [4.69, 9.17) is 4.74 Å². The van der Waals surface area contributed by atoms with E-state index in [2.05, 4.69) is 15.3 Å². The Balaban J connectivity index is 2.04. The first kappa shape index (κ1) is 14.3. The molecule has 0 aliphatic carbocycles. The topological polar surface area (TPSA) is 81.2 Å². The minimum absolute atomic E-state index is 0.0579. The molecule has 0 aromatic carbocycles. The average Bonchev–Trinajstić information content (AvgIpc) is 2.45. The maximum absolute atomic E-state index is 11.3. The molecular formula is C13H15N3O3S. The minimum atomic E-state index is -3.26. The summed E-state index contributed by atoms with van der Waals surface area (Å²) < 4.78 is 27.6. The Labute approximate surface area is 117 Å². The molecule has 0 aliphatic rings. The number of aromatic nitrogens is 2. The van der Waals surface area contributed by atoms with Crippen LogP contribution in [0.4, 0.5) is 5.69 Å². The number of nitrogens with zero attached hydrogens (tertiary/aromatic N) is 2. The highest BCUT2D eigenvalue weighted by Gasteiger charge is 2.07. The third kappa shape index (κ3) is 3.67. The van der Waals surface area contributed by atoms with Gasteiger partial charge in [0.25, 0.3) is 0 Å². The van der Waals surface area contributed by atoms with Gasteiger partial charge in [-0.25, -0.2) is 18.4 Å². The predicted molar refractivity (Wildman–Crippen MR) is 75.5 cm³/mol. The van der Waals surface area contributed by atoms with Crippen molar-refractivity contribution >= 4 is 15.5 Å². The van der Waals surface area contributed by atoms with E-state index in [0.717, 1.165) is 17.6 Å². The van der Waals surface area contributed by atoms with Crippen LogP contribution < -0.4 is 10.1 Å². The summed E-state index contributed by atoms with van der Waals surface area (Å²) in [7, 11) is -1.70. The summed E-state index contributed by atoms with van der Waals surface area (Å²) in [4.78, 5) is 8.16. The number of ether oxygens (including phenoxy) is 1. The van der Waals surface area contributed by atoms with Crippen LogP contribution in [0.15, 0.2) is 41.6 Å². The average molecular weight is 293 g/mol. The lowest BCUT2D eigenvalue weighted by Gasteiger charge is -2.07. The van der Waals surface area contributed by atoms with Crippen LogP contribution in [0.1, 0.15) is 5.69 Å². The first-order valence-electron chi connectivity index (χ1n) is 5.89. The molecule has 0 bridgehead atoms. The standard InChI is InChI=1S/C13H15N3O3S/c1-19-12-5-3-4-11(16-12)9-14-10-6-7-13(15-8-10)20(2,17)18/h3-8,14H,9H2,1-2H3. The number of rotatable bonds is 5. The Hall–Kier alpha value is -2.15. The molecule has 1 N–H and O–H groups in total. The molecule has 0 saturated heterocycles. The third-order valence-electron chi connectivity index (χ3n) is 2.58. The summed E-state index contributed by atoms with van der Waals surface area (Å²) in [6.07, 6.45) is 2.61. The van der Waals surface area contributed by atoms with E-state index in [0.29, 0.717) is 12.4 Å². The maximum Gasteiger partial charge on any atom is 0.213 e. The van der Waals surface area contributed by atoms with Crippen LogP contribution in [0.3, 0.4) is 0 Å². The van der Waals surface area contributed by atoms with Crippen molar-refractivity contribution < 1.29 is 13.2 Å². The van der Waals surface area contributed by atoms with E-state index in [1.54, 1.807) is 19.2 Å². The number of nitrogens with one attached hydrogen (secondary N) is 1. The van der Waals surface area contributed by atoms with Crippen LogP contribution in [-0.4, -0.2) is 31.8 Å². The highest BCUT2D eigenvalue weighted by atomic mass is 32.2. The molecule has 7 heteroatoms. The number of methoxy groups -OCH3 is 1. The van der Waals surface area contributed by atoms with Crippen molar-refractivity contribution in [3.63, 3.8) is 0 Å². The Bertz CT molecular complexity index is 684. The molecule has 2 aromatic rings. The number of sulfone groups is 1. The number of hydrogen-bond acceptors (Lipinski definition) is 6. The number of anilines is 1. The van der Waals surface area contributed by atoms with Crippen molar-refractivity contribution in [1.82, 2.24) is 9.97 Å². The van der Waals surface area contributed by atoms with Crippen LogP contribution in [0.5, 0.6) is 5.88 Å². The predicted octanol–water partition coefficient (Wildman–Crippen LogP) is 1.50. The van der Waals surface area contributed by atoms with Crippen molar-refractivity contribution in [1.29, 1.82) is 0 Å². The Morgan fingerprint density at radius 2 is 2.05 bits per heavy atom. The van der Waals surface area contributed by atoms with Gasteiger partial charge >= 0.3 is 0 Å². The van der Waals surface area contributed by atoms with Crippen LogP contribution in [0.25, 0.3) is 0 Å². The van der Waals surface area contributed by atoms with Gasteiger partial charge in [-0.1, -0.05) is 6.07 Å². The zero-order valence-corrected chi connectivity index (χ0v) is 12.0. The molecule has 0 unspecified atom stereocenters. The second-order valence-corrected chi connectivity index (χ2v) is 6.14. The van der Waals surface area contributed by atoms with Crippen molar-refractivity contribution in [3.05, 3.63) is 42.2 Å². The van der Waals surface area contributed by atoms with Crippen LogP contribution in [0.2, 0.25) is 0 Å². The van der Waals surface area contributed by atoms with E-state index in [-0.39, 0.29) is 5.03 Å². The van der Waals surface area contributed by atoms with Crippen molar-refractivity contribution in [3.8, 4) is 5.88 Å². The fourth-order valence-corrected chi connectivity index (χ4v) is 2.13. The van der Waals surface area contributed by atoms with Crippen LogP contribution >= 0.6 is 0 Å². The highest BCUT2D eigenvalue weighted by molar-refractivity contribution is 7.90. The number of pyridine rings is 2. The van der Waals surface area contributed by atoms with E-state index in [1.165, 1.54) is 12.3 Å². The van der Waals surface area contributed by atoms with Crippen LogP contribution in [-0.2, 0) is 16.4 Å². The second-order valence-electron chi connectivity index (χ2n) is 4.18. The smallest absolute Gasteiger partial charge is 0.213 e. The van der Waals surface area contributed by atoms with Gasteiger partial charge in [0.1, 0.15) is 0 Å². The Morgan fingerprint density at radius 1 is 1.25 bits per heavy atom. The first-order valence-corrected chi connectivity index (χ1v) is 7.78. The maximum atomic E-state index is 11.3. The van der Waals surface area contributed by atoms with Crippen molar-refractivity contribution in [2.75, 3.05) is 18.7 Å². The van der Waals surface area contributed by atoms with Gasteiger partial charge in [-0.2, -0.15) is 0 Å². The van der Waals surface area contributed by atoms with E-state index < -0.39 is 9.84 Å². The molecule has 2 aromatic heterocycles. The fraction of sp³-hybridized carbons (Fsp3) is 0.231. The minimum Gasteiger partial charge on any atom is -0.481 e. The summed E-state index contributed by atoms with van der Waals surface area (Å²) >= 11 is 0. The normalized spacial score (nSPS) is 11.1. The SMILES string of the molecule is COc1cccc(CNc2ccc(S(C)(=O)=O)nc2)n1. The summed E-state index contributed by atoms with van der Waals surface area (Å²) in [5.74, 6) is 0.551. The molecule has 6 nitrogen and oxygen atoms in total. The molecule has 0 amide bonds. The monoisotopic (exact) mass is 293 g/mol. The molecule has 106 valence electrons. The van der Waals surface area contributed by atoms with Gasteiger partial charge in [0.2, 0.25) is 5.88 Å². The van der Waals surface area contributed by atoms with E-state index >= 15 is 0 Å². The third-order valence-corrected chi connectivity index (χ3v) is 3.58. The summed E-state index contributed by atoms with van der Waals surface area (Å²) in [5, 5.41) is 3.17. The molecule has 20 heavy (non-hydrogen) atoms. The van der Waals surface area contributed by atoms with Crippen molar-refractivity contribution in [2.45, 2.75) is 11.6 Å². The van der Waals surface area contributed by atoms with Gasteiger partial charge in [0.05, 0.1) is 31.2 Å². The van der Waals surface area contributed by atoms with E-state index in [9.17, 15) is 8.42 Å². The molecular weight excluding hydrogens is 278 g/mol. The Morgan fingerprint density at radius 3 is 2.65 bits per heavy atom. The molecule has 0 saturated carbocycles. The molecule has 0 fully saturated rings. The van der Waals surface area contributed by atoms with Gasteiger partial charge in [-0.15, -0.1) is 0 Å². The number of hydrogen-bond donors (Lipinski definition) is 1. The van der Waals surface area contributed by atoms with E-state index in [1.807, 2.05) is 12.1 Å². The second kappa shape index (κ2) is 5.87. The zero-order valence-electron chi connectivity index (χ0n) is 11.2. The molecule has 0 atom stereocenters. The zero-order chi connectivity index (χ0) is 14.6. The summed E-state index contributed by atoms with van der Waals surface area (Å²) in [6.45, 7) is 0.497. The lowest BCUT2D eigenvalue weighted by atomic mass is 10.3. The van der Waals surface area contributed by atoms with Gasteiger partial charge in [-0.3, -0.25) is 0 Å². The van der Waals surface area contributed by atoms with Crippen LogP contribution in [0, 0.1) is 0 Å². The van der Waals surface area contributed by atoms with Gasteiger partial charge < -0.3 is 10.1 Å². The first-order chi connectivity index (χ1) is 9.49. The molecule has 0 aliphatic heterocycles. The van der Waals surface area contributed by atoms with Crippen molar-refractivity contribution in [2.24, 2.45) is 0 Å². The lowest BCUT2D eigenvalue weighted by molar-refractivity contribution is 0.396. The van der Waals surface area contributed by atoms with Gasteiger partial charge in [0, 0.05) is 12.3 Å². The van der Waals surface area contributed by atoms with Gasteiger partial charge in [-0.05, 0) is 18.2 Å². The quantitative estimate of drug-likeness (QED) is 0.899.